The lowest BCUT2D eigenvalue weighted by Gasteiger charge is -2.35. The van der Waals surface area contributed by atoms with Gasteiger partial charge in [0, 0.05) is 17.3 Å². The molecule has 30 heavy (non-hydrogen) atoms. The van der Waals surface area contributed by atoms with Crippen molar-refractivity contribution in [1.82, 2.24) is 24.4 Å². The van der Waals surface area contributed by atoms with Crippen LogP contribution >= 0.6 is 11.6 Å². The van der Waals surface area contributed by atoms with Gasteiger partial charge in [-0.05, 0) is 48.9 Å². The third-order valence-electron chi connectivity index (χ3n) is 6.74. The van der Waals surface area contributed by atoms with E-state index in [1.165, 1.54) is 6.42 Å². The Balaban J connectivity index is 1.68. The van der Waals surface area contributed by atoms with Gasteiger partial charge in [-0.25, -0.2) is 4.52 Å². The number of fused-ring (bicyclic) bond motifs is 3. The van der Waals surface area contributed by atoms with Gasteiger partial charge in [-0.1, -0.05) is 50.4 Å². The molecule has 6 nitrogen and oxygen atoms in total. The highest BCUT2D eigenvalue weighted by Crippen LogP contribution is 2.37. The first-order chi connectivity index (χ1) is 14.5. The van der Waals surface area contributed by atoms with Crippen LogP contribution in [-0.4, -0.2) is 24.4 Å². The lowest BCUT2D eigenvalue weighted by molar-refractivity contribution is 0.183. The van der Waals surface area contributed by atoms with Crippen LogP contribution in [0.3, 0.4) is 0 Å². The summed E-state index contributed by atoms with van der Waals surface area (Å²) in [6.45, 7) is 6.46. The van der Waals surface area contributed by atoms with Crippen LogP contribution in [0.15, 0.2) is 41.3 Å². The van der Waals surface area contributed by atoms with Gasteiger partial charge in [-0.2, -0.15) is 5.10 Å². The molecule has 7 heteroatoms. The minimum Gasteiger partial charge on any atom is -0.310 e. The molecule has 1 aliphatic carbocycles. The summed E-state index contributed by atoms with van der Waals surface area (Å²) in [5, 5.41) is 14.1. The summed E-state index contributed by atoms with van der Waals surface area (Å²) >= 11 is 6.04. The summed E-state index contributed by atoms with van der Waals surface area (Å²) in [4.78, 5) is 13.3. The van der Waals surface area contributed by atoms with Crippen molar-refractivity contribution in [3.8, 4) is 11.1 Å². The van der Waals surface area contributed by atoms with Crippen molar-refractivity contribution in [1.29, 1.82) is 0 Å². The Kier molecular flexibility index (Phi) is 4.62. The predicted molar refractivity (Wildman–Crippen MR) is 119 cm³/mol. The first-order valence-corrected chi connectivity index (χ1v) is 10.9. The van der Waals surface area contributed by atoms with Crippen molar-refractivity contribution in [2.45, 2.75) is 46.1 Å². The molecule has 154 valence electrons. The summed E-state index contributed by atoms with van der Waals surface area (Å²) in [6, 6.07) is 9.73. The fraction of sp³-hybridized carbons (Fsp3) is 0.391. The highest BCUT2D eigenvalue weighted by molar-refractivity contribution is 6.30. The van der Waals surface area contributed by atoms with E-state index in [0.29, 0.717) is 33.5 Å². The van der Waals surface area contributed by atoms with E-state index in [-0.39, 0.29) is 11.6 Å². The van der Waals surface area contributed by atoms with E-state index < -0.39 is 0 Å². The van der Waals surface area contributed by atoms with Gasteiger partial charge in [0.05, 0.1) is 11.3 Å². The Morgan fingerprint density at radius 2 is 1.83 bits per heavy atom. The Labute approximate surface area is 179 Å². The van der Waals surface area contributed by atoms with E-state index in [1.54, 1.807) is 4.52 Å². The molecule has 4 aromatic rings. The van der Waals surface area contributed by atoms with Crippen molar-refractivity contribution in [3.63, 3.8) is 0 Å². The first kappa shape index (κ1) is 19.2. The van der Waals surface area contributed by atoms with Gasteiger partial charge >= 0.3 is 0 Å². The maximum absolute atomic E-state index is 13.3. The van der Waals surface area contributed by atoms with E-state index >= 15 is 0 Å². The van der Waals surface area contributed by atoms with Crippen LogP contribution in [0.5, 0.6) is 0 Å². The molecule has 0 radical (unpaired) electrons. The Morgan fingerprint density at radius 1 is 1.07 bits per heavy atom. The minimum atomic E-state index is -0.0888. The van der Waals surface area contributed by atoms with E-state index in [0.717, 1.165) is 29.7 Å². The van der Waals surface area contributed by atoms with E-state index in [1.807, 2.05) is 48.0 Å². The number of aromatic nitrogens is 5. The highest BCUT2D eigenvalue weighted by atomic mass is 35.5. The standard InChI is InChI=1S/C23H24ClN5O/c1-13-5-4-6-18(14(13)2)28-12-11-19-21(23(28)30)25-26-22-20(15(3)27-29(19)22)16-7-9-17(24)10-8-16/h7-14,18H,4-6H2,1-3H3/t13-,14-,18-/m0/s1. The molecule has 1 aliphatic rings. The molecule has 0 unspecified atom stereocenters. The quantitative estimate of drug-likeness (QED) is 0.453. The monoisotopic (exact) mass is 421 g/mol. The molecule has 1 fully saturated rings. The van der Waals surface area contributed by atoms with Crippen LogP contribution < -0.4 is 5.56 Å². The largest absolute Gasteiger partial charge is 0.310 e. The first-order valence-electron chi connectivity index (χ1n) is 10.5. The lowest BCUT2D eigenvalue weighted by Crippen LogP contribution is -2.34. The molecule has 0 spiro atoms. The fourth-order valence-electron chi connectivity index (χ4n) is 4.83. The van der Waals surface area contributed by atoms with Gasteiger partial charge in [0.2, 0.25) is 0 Å². The number of pyridine rings is 1. The van der Waals surface area contributed by atoms with Crippen molar-refractivity contribution >= 4 is 28.3 Å². The molecule has 0 bridgehead atoms. The smallest absolute Gasteiger partial charge is 0.280 e. The van der Waals surface area contributed by atoms with E-state index in [2.05, 4.69) is 29.1 Å². The lowest BCUT2D eigenvalue weighted by atomic mass is 9.78. The molecule has 1 saturated carbocycles. The second kappa shape index (κ2) is 7.20. The van der Waals surface area contributed by atoms with Crippen LogP contribution in [0.1, 0.15) is 44.8 Å². The Hall–Kier alpha value is -2.73. The van der Waals surface area contributed by atoms with Gasteiger partial charge < -0.3 is 4.57 Å². The van der Waals surface area contributed by atoms with Gasteiger partial charge in [-0.3, -0.25) is 4.79 Å². The average molecular weight is 422 g/mol. The second-order valence-electron chi connectivity index (χ2n) is 8.50. The van der Waals surface area contributed by atoms with Gasteiger partial charge in [0.1, 0.15) is 5.52 Å². The number of rotatable bonds is 2. The summed E-state index contributed by atoms with van der Waals surface area (Å²) in [6.07, 6.45) is 5.30. The molecule has 5 rings (SSSR count). The maximum atomic E-state index is 13.3. The third kappa shape index (κ3) is 2.93. The number of aryl methyl sites for hydroxylation is 1. The molecule has 3 atom stereocenters. The molecular formula is C23H24ClN5O. The SMILES string of the molecule is Cc1nn2c(nnc3c(=O)n([C@H]4CCC[C@H](C)[C@@H]4C)ccc32)c1-c1ccc(Cl)cc1. The topological polar surface area (TPSA) is 65.1 Å². The molecule has 0 saturated heterocycles. The van der Waals surface area contributed by atoms with E-state index in [4.69, 9.17) is 11.6 Å². The van der Waals surface area contributed by atoms with Gasteiger partial charge in [0.15, 0.2) is 11.2 Å². The molecule has 0 amide bonds. The molecule has 3 aromatic heterocycles. The summed E-state index contributed by atoms with van der Waals surface area (Å²) in [5.41, 5.74) is 4.30. The van der Waals surface area contributed by atoms with Crippen LogP contribution in [0.25, 0.3) is 27.8 Å². The summed E-state index contributed by atoms with van der Waals surface area (Å²) in [7, 11) is 0. The average Bonchev–Trinajstić information content (AvgIpc) is 3.08. The zero-order chi connectivity index (χ0) is 21.0. The predicted octanol–water partition coefficient (Wildman–Crippen LogP) is 5.07. The zero-order valence-corrected chi connectivity index (χ0v) is 18.1. The molecular weight excluding hydrogens is 398 g/mol. The number of hydrogen-bond acceptors (Lipinski definition) is 4. The Morgan fingerprint density at radius 3 is 2.60 bits per heavy atom. The molecule has 1 aromatic carbocycles. The normalized spacial score (nSPS) is 22.1. The zero-order valence-electron chi connectivity index (χ0n) is 17.3. The molecule has 0 aliphatic heterocycles. The number of halogens is 1. The summed E-state index contributed by atoms with van der Waals surface area (Å²) in [5.74, 6) is 1.06. The van der Waals surface area contributed by atoms with Crippen molar-refractivity contribution in [2.24, 2.45) is 11.8 Å². The number of nitrogens with zero attached hydrogens (tertiary/aromatic N) is 5. The van der Waals surface area contributed by atoms with E-state index in [9.17, 15) is 4.79 Å². The van der Waals surface area contributed by atoms with Crippen molar-refractivity contribution in [3.05, 3.63) is 57.6 Å². The van der Waals surface area contributed by atoms with Crippen LogP contribution in [0, 0.1) is 18.8 Å². The van der Waals surface area contributed by atoms with Crippen molar-refractivity contribution in [2.75, 3.05) is 0 Å². The molecule has 3 heterocycles. The second-order valence-corrected chi connectivity index (χ2v) is 8.94. The van der Waals surface area contributed by atoms with Crippen molar-refractivity contribution < 1.29 is 0 Å². The number of hydrogen-bond donors (Lipinski definition) is 0. The highest BCUT2D eigenvalue weighted by Gasteiger charge is 2.29. The molecule has 0 N–H and O–H groups in total. The van der Waals surface area contributed by atoms with Crippen LogP contribution in [0.2, 0.25) is 5.02 Å². The fourth-order valence-corrected chi connectivity index (χ4v) is 4.96. The number of benzene rings is 1. The minimum absolute atomic E-state index is 0.0888. The third-order valence-corrected chi connectivity index (χ3v) is 6.99. The Bertz CT molecular complexity index is 1310. The van der Waals surface area contributed by atoms with Gasteiger partial charge in [-0.15, -0.1) is 10.2 Å². The van der Waals surface area contributed by atoms with Crippen LogP contribution in [-0.2, 0) is 0 Å². The maximum Gasteiger partial charge on any atom is 0.280 e. The van der Waals surface area contributed by atoms with Crippen LogP contribution in [0.4, 0.5) is 0 Å². The summed E-state index contributed by atoms with van der Waals surface area (Å²) < 4.78 is 3.60. The van der Waals surface area contributed by atoms with Gasteiger partial charge in [0.25, 0.3) is 5.56 Å².